The summed E-state index contributed by atoms with van der Waals surface area (Å²) in [5.74, 6) is -7.47. The predicted octanol–water partition coefficient (Wildman–Crippen LogP) is 7.45. The molecular formula is C72H113N9O14. The highest BCUT2D eigenvalue weighted by Gasteiger charge is 2.44. The minimum absolute atomic E-state index is 0.0107. The van der Waals surface area contributed by atoms with Gasteiger partial charge in [-0.3, -0.25) is 52.8 Å². The van der Waals surface area contributed by atoms with Crippen LogP contribution in [0.15, 0.2) is 54.6 Å². The SMILES string of the molecule is CC[C@H](C)[C@@H]([C@@H](CC(=O)N1CCC[C@H]1[C@H](OC)[C@@H](C)C(=O)C[C@@H](Cc1ccccc1)C(=O)NCc1ccc(NC(=O)[C@H](CCCNC(N)=O)CC(=O)[C@@H](NC(=O)CCC(=O)N2CCC(C(=O)O)CC2C)C(C)C)cc1)OC)N(C)C(=O)[C@@H](CC(=O)[C@H](C(C)C)N(C)C)C(C)C. The molecule has 23 nitrogen and oxygen atoms in total. The van der Waals surface area contributed by atoms with Crippen molar-refractivity contribution < 1.29 is 67.3 Å². The number of carboxylic acids is 1. The fourth-order valence-electron chi connectivity index (χ4n) is 13.9. The minimum atomic E-state index is -0.974. The summed E-state index contributed by atoms with van der Waals surface area (Å²) in [6, 6.07) is 12.9. The molecule has 7 N–H and O–H groups in total. The van der Waals surface area contributed by atoms with Crippen molar-refractivity contribution in [2.45, 2.75) is 208 Å². The van der Waals surface area contributed by atoms with Crippen molar-refractivity contribution in [2.24, 2.45) is 59.0 Å². The van der Waals surface area contributed by atoms with Crippen molar-refractivity contribution in [3.8, 4) is 0 Å². The van der Waals surface area contributed by atoms with Gasteiger partial charge < -0.3 is 56.3 Å². The lowest BCUT2D eigenvalue weighted by Gasteiger charge is -2.41. The Morgan fingerprint density at radius 2 is 1.35 bits per heavy atom. The predicted molar refractivity (Wildman–Crippen MR) is 364 cm³/mol. The molecule has 0 spiro atoms. The average Bonchev–Trinajstić information content (AvgIpc) is 1.81. The molecule has 530 valence electrons. The summed E-state index contributed by atoms with van der Waals surface area (Å²) in [6.45, 7) is 20.0. The van der Waals surface area contributed by atoms with Crippen molar-refractivity contribution in [3.63, 3.8) is 0 Å². The van der Waals surface area contributed by atoms with Gasteiger partial charge in [0.25, 0.3) is 0 Å². The van der Waals surface area contributed by atoms with Crippen LogP contribution in [0.2, 0.25) is 0 Å². The van der Waals surface area contributed by atoms with Crippen molar-refractivity contribution in [3.05, 3.63) is 65.7 Å². The number of nitrogens with two attached hydrogens (primary N) is 1. The second-order valence-corrected chi connectivity index (χ2v) is 27.8. The maximum absolute atomic E-state index is 14.7. The fourth-order valence-corrected chi connectivity index (χ4v) is 13.9. The number of benzene rings is 2. The Morgan fingerprint density at radius 1 is 0.695 bits per heavy atom. The summed E-state index contributed by atoms with van der Waals surface area (Å²) in [5, 5.41) is 20.6. The number of Topliss-reactive ketones (excluding diaryl/α,β-unsaturated/α-hetero) is 3. The van der Waals surface area contributed by atoms with Crippen LogP contribution in [0.3, 0.4) is 0 Å². The Labute approximate surface area is 564 Å². The second kappa shape index (κ2) is 39.2. The molecule has 2 aliphatic rings. The summed E-state index contributed by atoms with van der Waals surface area (Å²) in [6.07, 6.45) is 1.37. The quantitative estimate of drug-likeness (QED) is 0.0353. The highest BCUT2D eigenvalue weighted by atomic mass is 16.5. The Bertz CT molecular complexity index is 2860. The number of rotatable bonds is 40. The first kappa shape index (κ1) is 80.3. The van der Waals surface area contributed by atoms with E-state index < -0.39 is 89.5 Å². The molecule has 8 amide bonds. The second-order valence-electron chi connectivity index (χ2n) is 27.8. The first-order valence-electron chi connectivity index (χ1n) is 34.3. The van der Waals surface area contributed by atoms with Gasteiger partial charge in [-0.1, -0.05) is 111 Å². The molecule has 0 saturated carbocycles. The van der Waals surface area contributed by atoms with E-state index in [0.717, 1.165) is 5.56 Å². The van der Waals surface area contributed by atoms with E-state index in [4.69, 9.17) is 15.2 Å². The van der Waals surface area contributed by atoms with Crippen LogP contribution in [0.4, 0.5) is 10.5 Å². The molecule has 0 aliphatic carbocycles. The first-order chi connectivity index (χ1) is 44.8. The van der Waals surface area contributed by atoms with E-state index in [0.29, 0.717) is 56.3 Å². The third-order valence-corrected chi connectivity index (χ3v) is 19.5. The molecule has 2 heterocycles. The summed E-state index contributed by atoms with van der Waals surface area (Å²) in [7, 11) is 8.58. The number of aliphatic carboxylic acids is 1. The molecule has 0 bridgehead atoms. The lowest BCUT2D eigenvalue weighted by Crippen LogP contribution is -2.54. The molecule has 13 atom stereocenters. The molecule has 23 heteroatoms. The molecule has 2 fully saturated rings. The number of carbonyl (C=O) groups excluding carboxylic acids is 10. The van der Waals surface area contributed by atoms with Crippen LogP contribution >= 0.6 is 0 Å². The first-order valence-corrected chi connectivity index (χ1v) is 34.3. The number of urea groups is 1. The van der Waals surface area contributed by atoms with Gasteiger partial charge in [0, 0.05) is 115 Å². The molecule has 2 saturated heterocycles. The van der Waals surface area contributed by atoms with Gasteiger partial charge in [-0.2, -0.15) is 0 Å². The minimum Gasteiger partial charge on any atom is -0.481 e. The lowest BCUT2D eigenvalue weighted by molar-refractivity contribution is -0.149. The number of likely N-dealkylation sites (tertiary alicyclic amines) is 2. The zero-order valence-corrected chi connectivity index (χ0v) is 59.3. The summed E-state index contributed by atoms with van der Waals surface area (Å²) in [5.41, 5.74) is 7.24. The van der Waals surface area contributed by atoms with Crippen molar-refractivity contribution in [1.82, 2.24) is 35.6 Å². The number of carboxylic acid groups (broad SMARTS) is 1. The number of hydrogen-bond donors (Lipinski definition) is 6. The number of hydrogen-bond acceptors (Lipinski definition) is 14. The summed E-state index contributed by atoms with van der Waals surface area (Å²) >= 11 is 0. The highest BCUT2D eigenvalue weighted by molar-refractivity contribution is 5.98. The van der Waals surface area contributed by atoms with Gasteiger partial charge in [0.05, 0.1) is 48.7 Å². The van der Waals surface area contributed by atoms with Gasteiger partial charge in [0.2, 0.25) is 35.4 Å². The van der Waals surface area contributed by atoms with Crippen LogP contribution in [0, 0.1) is 53.3 Å². The van der Waals surface area contributed by atoms with E-state index in [2.05, 4.69) is 21.3 Å². The maximum Gasteiger partial charge on any atom is 0.312 e. The number of amides is 8. The van der Waals surface area contributed by atoms with Crippen LogP contribution < -0.4 is 27.0 Å². The van der Waals surface area contributed by atoms with Crippen LogP contribution in [0.5, 0.6) is 0 Å². The van der Waals surface area contributed by atoms with Crippen molar-refractivity contribution >= 4 is 70.5 Å². The number of nitrogens with one attached hydrogen (secondary N) is 4. The van der Waals surface area contributed by atoms with E-state index in [-0.39, 0.29) is 142 Å². The van der Waals surface area contributed by atoms with Crippen molar-refractivity contribution in [1.29, 1.82) is 0 Å². The standard InChI is InChI=1S/C72H113N9O14/c1-16-46(8)66(79(13)70(90)55(43(2)3)40-59(84)65(45(6)7)78(11)12)60(94-14)41-63(87)81-34-21-25-56(81)67(95-15)48(10)57(82)39-53(37-49-22-18-17-19-23-49)68(88)75-42-50-26-28-54(29-27-50)76-69(89)51(24-20-33-74-72(73)93)38-58(83)64(44(4)5)77-61(85)30-31-62(86)80-35-32-52(71(91)92)36-47(80)9/h17-19,22-23,26-29,43-48,51-53,55-56,60,64-67H,16,20-21,24-25,30-42H2,1-15H3,(H,75,88)(H,76,89)(H,77,85)(H,91,92)(H3,73,74,93)/t46-,47?,48-,51+,52?,53+,55-,56-,60+,64-,65-,66-,67+/m0/s1. The molecule has 0 aromatic heterocycles. The highest BCUT2D eigenvalue weighted by Crippen LogP contribution is 2.33. The van der Waals surface area contributed by atoms with Gasteiger partial charge in [-0.15, -0.1) is 0 Å². The van der Waals surface area contributed by atoms with Crippen LogP contribution in [0.25, 0.3) is 0 Å². The Balaban J connectivity index is 1.44. The molecule has 2 aliphatic heterocycles. The summed E-state index contributed by atoms with van der Waals surface area (Å²) in [4.78, 5) is 156. The maximum atomic E-state index is 14.7. The number of piperidine rings is 1. The van der Waals surface area contributed by atoms with Crippen LogP contribution in [-0.4, -0.2) is 187 Å². The van der Waals surface area contributed by atoms with Gasteiger partial charge in [-0.05, 0) is 113 Å². The van der Waals surface area contributed by atoms with E-state index in [1.54, 1.807) is 80.8 Å². The zero-order valence-electron chi connectivity index (χ0n) is 59.3. The smallest absolute Gasteiger partial charge is 0.312 e. The third kappa shape index (κ3) is 24.2. The van der Waals surface area contributed by atoms with Crippen LogP contribution in [-0.2, 0) is 70.4 Å². The number of likely N-dealkylation sites (N-methyl/N-ethyl adjacent to an activating group) is 2. The third-order valence-electron chi connectivity index (χ3n) is 19.5. The number of primary amides is 1. The van der Waals surface area contributed by atoms with E-state index in [9.17, 15) is 57.8 Å². The normalized spacial score (nSPS) is 19.0. The molecular weight excluding hydrogens is 1210 g/mol. The van der Waals surface area contributed by atoms with E-state index in [1.807, 2.05) is 90.9 Å². The van der Waals surface area contributed by atoms with Gasteiger partial charge in [-0.25, -0.2) is 4.79 Å². The van der Waals surface area contributed by atoms with Gasteiger partial charge in [0.1, 0.15) is 5.78 Å². The molecule has 0 radical (unpaired) electrons. The van der Waals surface area contributed by atoms with Crippen molar-refractivity contribution in [2.75, 3.05) is 60.3 Å². The van der Waals surface area contributed by atoms with Crippen LogP contribution in [0.1, 0.15) is 164 Å². The fraction of sp³-hybridized carbons (Fsp3) is 0.681. The molecule has 2 unspecified atom stereocenters. The Morgan fingerprint density at radius 3 is 1.91 bits per heavy atom. The van der Waals surface area contributed by atoms with E-state index >= 15 is 0 Å². The number of ketones is 3. The van der Waals surface area contributed by atoms with E-state index in [1.165, 1.54) is 7.11 Å². The number of methoxy groups -OCH3 is 2. The summed E-state index contributed by atoms with van der Waals surface area (Å²) < 4.78 is 12.3. The van der Waals surface area contributed by atoms with Gasteiger partial charge >= 0.3 is 12.0 Å². The molecule has 2 aromatic rings. The molecule has 2 aromatic carbocycles. The molecule has 4 rings (SSSR count). The lowest BCUT2D eigenvalue weighted by atomic mass is 9.83. The number of anilines is 1. The number of ether oxygens (including phenoxy) is 2. The zero-order chi connectivity index (χ0) is 71.0. The topological polar surface area (TPSA) is 314 Å². The monoisotopic (exact) mass is 1330 g/mol. The van der Waals surface area contributed by atoms with Gasteiger partial charge in [0.15, 0.2) is 11.6 Å². The number of nitrogens with zero attached hydrogens (tertiary/aromatic N) is 4. The Hall–Kier alpha value is -7.11. The Kier molecular flexibility index (Phi) is 33.1. The number of carbonyl (C=O) groups is 11. The largest absolute Gasteiger partial charge is 0.481 e. The average molecular weight is 1330 g/mol. The molecule has 95 heavy (non-hydrogen) atoms.